The van der Waals surface area contributed by atoms with E-state index in [1.165, 1.54) is 6.20 Å². The summed E-state index contributed by atoms with van der Waals surface area (Å²) < 4.78 is 5.62. The number of hydrogen-bond donors (Lipinski definition) is 2. The largest absolute Gasteiger partial charge is 0.374 e. The van der Waals surface area contributed by atoms with Crippen LogP contribution in [0.1, 0.15) is 6.92 Å². The van der Waals surface area contributed by atoms with Crippen LogP contribution >= 0.6 is 0 Å². The predicted octanol–water partition coefficient (Wildman–Crippen LogP) is 0.559. The number of nitrogens with one attached hydrogen (secondary N) is 2. The molecule has 9 nitrogen and oxygen atoms in total. The van der Waals surface area contributed by atoms with Crippen molar-refractivity contribution in [3.05, 3.63) is 16.3 Å². The van der Waals surface area contributed by atoms with Crippen LogP contribution in [-0.2, 0) is 4.74 Å². The third kappa shape index (κ3) is 4.23. The van der Waals surface area contributed by atoms with E-state index in [1.54, 1.807) is 0 Å². The van der Waals surface area contributed by atoms with E-state index in [2.05, 4.69) is 25.5 Å². The molecule has 0 spiro atoms. The molecule has 1 aromatic heterocycles. The predicted molar refractivity (Wildman–Crippen MR) is 78.6 cm³/mol. The third-order valence-electron chi connectivity index (χ3n) is 3.14. The maximum atomic E-state index is 11.0. The molecule has 1 aliphatic heterocycles. The van der Waals surface area contributed by atoms with E-state index >= 15 is 0 Å². The van der Waals surface area contributed by atoms with Gasteiger partial charge in [0.05, 0.1) is 17.6 Å². The first-order chi connectivity index (χ1) is 10.1. The van der Waals surface area contributed by atoms with Crippen LogP contribution in [0.3, 0.4) is 0 Å². The Hall–Kier alpha value is -2.00. The van der Waals surface area contributed by atoms with Crippen molar-refractivity contribution in [2.45, 2.75) is 13.0 Å². The van der Waals surface area contributed by atoms with Crippen LogP contribution in [0, 0.1) is 10.1 Å². The van der Waals surface area contributed by atoms with Gasteiger partial charge in [-0.25, -0.2) is 4.98 Å². The first-order valence-electron chi connectivity index (χ1n) is 6.89. The zero-order chi connectivity index (χ0) is 15.2. The maximum Gasteiger partial charge on any atom is 0.329 e. The minimum Gasteiger partial charge on any atom is -0.374 e. The summed E-state index contributed by atoms with van der Waals surface area (Å²) in [6.07, 6.45) is 1.20. The van der Waals surface area contributed by atoms with E-state index in [4.69, 9.17) is 4.74 Å². The zero-order valence-corrected chi connectivity index (χ0v) is 12.2. The van der Waals surface area contributed by atoms with E-state index in [9.17, 15) is 10.1 Å². The number of morpholine rings is 1. The molecule has 1 aliphatic rings. The Kier molecular flexibility index (Phi) is 5.23. The molecule has 1 saturated heterocycles. The number of rotatable bonds is 6. The fraction of sp³-hybridized carbons (Fsp3) is 0.667. The molecule has 1 fully saturated rings. The molecule has 1 aromatic rings. The van der Waals surface area contributed by atoms with Crippen molar-refractivity contribution in [1.29, 1.82) is 0 Å². The molecule has 116 valence electrons. The molecular formula is C12H20N6O3. The van der Waals surface area contributed by atoms with Crippen LogP contribution in [0.15, 0.2) is 6.20 Å². The normalized spacial score (nSPS) is 19.2. The van der Waals surface area contributed by atoms with Crippen LogP contribution in [0.4, 0.5) is 17.5 Å². The number of anilines is 2. The van der Waals surface area contributed by atoms with E-state index in [0.29, 0.717) is 25.6 Å². The Bertz CT molecular complexity index is 498. The summed E-state index contributed by atoms with van der Waals surface area (Å²) in [6.45, 7) is 5.36. The second-order valence-corrected chi connectivity index (χ2v) is 4.85. The number of hydrogen-bond acceptors (Lipinski definition) is 8. The Labute approximate surface area is 122 Å². The first-order valence-corrected chi connectivity index (χ1v) is 6.89. The molecule has 2 heterocycles. The third-order valence-corrected chi connectivity index (χ3v) is 3.14. The topological polar surface area (TPSA) is 105 Å². The van der Waals surface area contributed by atoms with E-state index in [1.807, 2.05) is 14.0 Å². The molecule has 0 aromatic carbocycles. The second kappa shape index (κ2) is 7.14. The van der Waals surface area contributed by atoms with Gasteiger partial charge in [-0.15, -0.1) is 0 Å². The molecule has 2 rings (SSSR count). The number of nitrogens with zero attached hydrogens (tertiary/aromatic N) is 4. The fourth-order valence-electron chi connectivity index (χ4n) is 2.08. The van der Waals surface area contributed by atoms with Crippen LogP contribution in [0.5, 0.6) is 0 Å². The van der Waals surface area contributed by atoms with Gasteiger partial charge < -0.3 is 20.3 Å². The highest BCUT2D eigenvalue weighted by Gasteiger charge is 2.21. The summed E-state index contributed by atoms with van der Waals surface area (Å²) in [7, 11) is 2.02. The fourth-order valence-corrected chi connectivity index (χ4v) is 2.08. The highest BCUT2D eigenvalue weighted by atomic mass is 16.6. The van der Waals surface area contributed by atoms with Gasteiger partial charge in [-0.2, -0.15) is 4.98 Å². The number of likely N-dealkylation sites (N-methyl/N-ethyl adjacent to an activating group) is 1. The van der Waals surface area contributed by atoms with E-state index < -0.39 is 4.92 Å². The average molecular weight is 296 g/mol. The summed E-state index contributed by atoms with van der Waals surface area (Å²) in [5.41, 5.74) is -0.138. The van der Waals surface area contributed by atoms with Gasteiger partial charge in [0.2, 0.25) is 11.8 Å². The molecule has 0 amide bonds. The van der Waals surface area contributed by atoms with Crippen LogP contribution in [-0.4, -0.2) is 65.7 Å². The SMILES string of the molecule is CCNc1ncc([N+](=O)[O-])c(NCC2CN(C)CCO2)n1. The Morgan fingerprint density at radius 3 is 3.05 bits per heavy atom. The van der Waals surface area contributed by atoms with Crippen molar-refractivity contribution in [2.75, 3.05) is 50.5 Å². The zero-order valence-electron chi connectivity index (χ0n) is 12.2. The van der Waals surface area contributed by atoms with Crippen molar-refractivity contribution in [3.63, 3.8) is 0 Å². The van der Waals surface area contributed by atoms with Gasteiger partial charge >= 0.3 is 5.69 Å². The van der Waals surface area contributed by atoms with Crippen molar-refractivity contribution >= 4 is 17.5 Å². The van der Waals surface area contributed by atoms with Gasteiger partial charge in [0, 0.05) is 26.2 Å². The van der Waals surface area contributed by atoms with Crippen molar-refractivity contribution in [2.24, 2.45) is 0 Å². The lowest BCUT2D eigenvalue weighted by atomic mass is 10.3. The van der Waals surface area contributed by atoms with Crippen LogP contribution in [0.25, 0.3) is 0 Å². The summed E-state index contributed by atoms with van der Waals surface area (Å²) in [5.74, 6) is 0.579. The summed E-state index contributed by atoms with van der Waals surface area (Å²) in [4.78, 5) is 20.7. The Morgan fingerprint density at radius 2 is 2.38 bits per heavy atom. The summed E-state index contributed by atoms with van der Waals surface area (Å²) in [6, 6.07) is 0. The van der Waals surface area contributed by atoms with Gasteiger partial charge in [0.25, 0.3) is 0 Å². The lowest BCUT2D eigenvalue weighted by Crippen LogP contribution is -2.43. The summed E-state index contributed by atoms with van der Waals surface area (Å²) in [5, 5.41) is 17.0. The molecule has 1 unspecified atom stereocenters. The van der Waals surface area contributed by atoms with Crippen LogP contribution in [0.2, 0.25) is 0 Å². The van der Waals surface area contributed by atoms with Gasteiger partial charge in [-0.3, -0.25) is 10.1 Å². The second-order valence-electron chi connectivity index (χ2n) is 4.85. The monoisotopic (exact) mass is 296 g/mol. The number of nitro groups is 1. The van der Waals surface area contributed by atoms with Gasteiger partial charge in [-0.1, -0.05) is 0 Å². The minimum atomic E-state index is -0.494. The van der Waals surface area contributed by atoms with Gasteiger partial charge in [-0.05, 0) is 14.0 Å². The molecule has 21 heavy (non-hydrogen) atoms. The maximum absolute atomic E-state index is 11.0. The van der Waals surface area contributed by atoms with Gasteiger partial charge in [0.1, 0.15) is 6.20 Å². The van der Waals surface area contributed by atoms with Crippen molar-refractivity contribution < 1.29 is 9.66 Å². The van der Waals surface area contributed by atoms with Crippen LogP contribution < -0.4 is 10.6 Å². The lowest BCUT2D eigenvalue weighted by molar-refractivity contribution is -0.384. The lowest BCUT2D eigenvalue weighted by Gasteiger charge is -2.30. The smallest absolute Gasteiger partial charge is 0.329 e. The Balaban J connectivity index is 2.05. The van der Waals surface area contributed by atoms with E-state index in [-0.39, 0.29) is 17.6 Å². The molecule has 0 saturated carbocycles. The minimum absolute atomic E-state index is 0.0131. The number of aromatic nitrogens is 2. The molecule has 2 N–H and O–H groups in total. The Morgan fingerprint density at radius 1 is 1.57 bits per heavy atom. The summed E-state index contributed by atoms with van der Waals surface area (Å²) >= 11 is 0. The molecule has 0 radical (unpaired) electrons. The molecule has 0 aliphatic carbocycles. The molecule has 9 heteroatoms. The first kappa shape index (κ1) is 15.4. The molecule has 1 atom stereocenters. The van der Waals surface area contributed by atoms with Crippen molar-refractivity contribution in [3.8, 4) is 0 Å². The standard InChI is InChI=1S/C12H20N6O3/c1-3-13-12-15-7-10(18(19)20)11(16-12)14-6-9-8-17(2)4-5-21-9/h7,9H,3-6,8H2,1-2H3,(H2,13,14,15,16). The molecule has 0 bridgehead atoms. The highest BCUT2D eigenvalue weighted by molar-refractivity contribution is 5.57. The quantitative estimate of drug-likeness (QED) is 0.579. The van der Waals surface area contributed by atoms with Crippen molar-refractivity contribution in [1.82, 2.24) is 14.9 Å². The average Bonchev–Trinajstić information content (AvgIpc) is 2.45. The van der Waals surface area contributed by atoms with E-state index in [0.717, 1.165) is 13.1 Å². The molecular weight excluding hydrogens is 276 g/mol. The highest BCUT2D eigenvalue weighted by Crippen LogP contribution is 2.22. The number of ether oxygens (including phenoxy) is 1. The van der Waals surface area contributed by atoms with Gasteiger partial charge in [0.15, 0.2) is 0 Å².